The maximum absolute atomic E-state index is 12.1. The number of aldehydes is 1. The quantitative estimate of drug-likeness (QED) is 0.617. The molecule has 0 heterocycles. The fourth-order valence-corrected chi connectivity index (χ4v) is 1.90. The SMILES string of the molecule is COC(=O)Cc1cc(OC(F)F)cc(Br)c1C=O. The van der Waals surface area contributed by atoms with Crippen LogP contribution < -0.4 is 4.74 Å². The lowest BCUT2D eigenvalue weighted by atomic mass is 10.1. The van der Waals surface area contributed by atoms with Gasteiger partial charge in [-0.3, -0.25) is 9.59 Å². The van der Waals surface area contributed by atoms with E-state index in [0.29, 0.717) is 6.29 Å². The Morgan fingerprint density at radius 3 is 2.67 bits per heavy atom. The second-order valence-electron chi connectivity index (χ2n) is 3.23. The molecule has 0 aliphatic rings. The molecule has 0 atom stereocenters. The number of rotatable bonds is 5. The lowest BCUT2D eigenvalue weighted by Gasteiger charge is -2.10. The van der Waals surface area contributed by atoms with Crippen molar-refractivity contribution in [2.45, 2.75) is 13.0 Å². The van der Waals surface area contributed by atoms with Crippen LogP contribution in [0, 0.1) is 0 Å². The third-order valence-electron chi connectivity index (χ3n) is 2.09. The van der Waals surface area contributed by atoms with Gasteiger partial charge in [0.1, 0.15) is 5.75 Å². The smallest absolute Gasteiger partial charge is 0.387 e. The van der Waals surface area contributed by atoms with E-state index in [4.69, 9.17) is 0 Å². The summed E-state index contributed by atoms with van der Waals surface area (Å²) in [5.41, 5.74) is 0.448. The number of halogens is 3. The topological polar surface area (TPSA) is 52.6 Å². The molecular formula is C11H9BrF2O4. The van der Waals surface area contributed by atoms with Crippen LogP contribution in [-0.2, 0) is 16.0 Å². The standard InChI is InChI=1S/C11H9BrF2O4/c1-17-10(16)3-6-2-7(18-11(13)14)4-9(12)8(6)5-15/h2,4-5,11H,3H2,1H3. The van der Waals surface area contributed by atoms with Crippen LogP contribution in [0.1, 0.15) is 15.9 Å². The zero-order valence-corrected chi connectivity index (χ0v) is 10.9. The van der Waals surface area contributed by atoms with Crippen LogP contribution in [0.5, 0.6) is 5.75 Å². The molecule has 0 aromatic heterocycles. The Morgan fingerprint density at radius 1 is 1.50 bits per heavy atom. The zero-order valence-electron chi connectivity index (χ0n) is 9.28. The van der Waals surface area contributed by atoms with E-state index in [2.05, 4.69) is 25.4 Å². The first kappa shape index (κ1) is 14.6. The minimum absolute atomic E-state index is 0.138. The molecule has 1 aromatic carbocycles. The Morgan fingerprint density at radius 2 is 2.17 bits per heavy atom. The van der Waals surface area contributed by atoms with Crippen LogP contribution in [0.15, 0.2) is 16.6 Å². The zero-order chi connectivity index (χ0) is 13.7. The lowest BCUT2D eigenvalue weighted by molar-refractivity contribution is -0.139. The molecule has 0 amide bonds. The molecule has 0 bridgehead atoms. The average molecular weight is 323 g/mol. The van der Waals surface area contributed by atoms with Crippen molar-refractivity contribution in [3.8, 4) is 5.75 Å². The molecule has 98 valence electrons. The highest BCUT2D eigenvalue weighted by atomic mass is 79.9. The van der Waals surface area contributed by atoms with Crippen molar-refractivity contribution in [1.29, 1.82) is 0 Å². The maximum Gasteiger partial charge on any atom is 0.387 e. The fourth-order valence-electron chi connectivity index (χ4n) is 1.32. The summed E-state index contributed by atoms with van der Waals surface area (Å²) in [7, 11) is 1.19. The molecule has 0 radical (unpaired) electrons. The summed E-state index contributed by atoms with van der Waals surface area (Å²) in [5, 5.41) is 0. The van der Waals surface area contributed by atoms with Crippen LogP contribution in [0.4, 0.5) is 8.78 Å². The van der Waals surface area contributed by atoms with Crippen LogP contribution in [0.2, 0.25) is 0 Å². The first-order chi connectivity index (χ1) is 8.47. The van der Waals surface area contributed by atoms with Crippen LogP contribution >= 0.6 is 15.9 Å². The minimum atomic E-state index is -2.98. The third-order valence-corrected chi connectivity index (χ3v) is 2.75. The summed E-state index contributed by atoms with van der Waals surface area (Å²) < 4.78 is 33.1. The molecule has 1 aromatic rings. The molecule has 0 saturated heterocycles. The molecule has 0 spiro atoms. The number of methoxy groups -OCH3 is 1. The molecule has 1 rings (SSSR count). The predicted octanol–water partition coefficient (Wildman–Crippen LogP) is 2.58. The summed E-state index contributed by atoms with van der Waals surface area (Å²) >= 11 is 3.05. The van der Waals surface area contributed by atoms with Gasteiger partial charge in [0.25, 0.3) is 0 Å². The molecule has 0 N–H and O–H groups in total. The van der Waals surface area contributed by atoms with Gasteiger partial charge in [-0.1, -0.05) is 0 Å². The van der Waals surface area contributed by atoms with Crippen molar-refractivity contribution in [3.05, 3.63) is 27.7 Å². The molecular weight excluding hydrogens is 314 g/mol. The Bertz CT molecular complexity index is 463. The average Bonchev–Trinajstić information content (AvgIpc) is 2.27. The van der Waals surface area contributed by atoms with Crippen molar-refractivity contribution < 1.29 is 27.8 Å². The van der Waals surface area contributed by atoms with Gasteiger partial charge >= 0.3 is 12.6 Å². The van der Waals surface area contributed by atoms with E-state index in [0.717, 1.165) is 0 Å². The molecule has 0 fully saturated rings. The first-order valence-corrected chi connectivity index (χ1v) is 5.56. The van der Waals surface area contributed by atoms with Crippen molar-refractivity contribution in [3.63, 3.8) is 0 Å². The van der Waals surface area contributed by atoms with Gasteiger partial charge in [0.15, 0.2) is 6.29 Å². The number of hydrogen-bond acceptors (Lipinski definition) is 4. The van der Waals surface area contributed by atoms with E-state index in [1.807, 2.05) is 0 Å². The summed E-state index contributed by atoms with van der Waals surface area (Å²) in [6, 6.07) is 2.44. The minimum Gasteiger partial charge on any atom is -0.469 e. The molecule has 18 heavy (non-hydrogen) atoms. The van der Waals surface area contributed by atoms with E-state index >= 15 is 0 Å². The van der Waals surface area contributed by atoms with E-state index in [-0.39, 0.29) is 27.8 Å². The van der Waals surface area contributed by atoms with Crippen molar-refractivity contribution in [2.24, 2.45) is 0 Å². The fraction of sp³-hybridized carbons (Fsp3) is 0.273. The van der Waals surface area contributed by atoms with Crippen LogP contribution in [0.25, 0.3) is 0 Å². The molecule has 4 nitrogen and oxygen atoms in total. The number of hydrogen-bond donors (Lipinski definition) is 0. The van der Waals surface area contributed by atoms with Crippen LogP contribution in [-0.4, -0.2) is 26.0 Å². The number of alkyl halides is 2. The third kappa shape index (κ3) is 3.76. The highest BCUT2D eigenvalue weighted by Gasteiger charge is 2.15. The summed E-state index contributed by atoms with van der Waals surface area (Å²) in [4.78, 5) is 22.0. The number of esters is 1. The molecule has 0 aliphatic heterocycles. The molecule has 0 aliphatic carbocycles. The second kappa shape index (κ2) is 6.44. The normalized spacial score (nSPS) is 10.3. The van der Waals surface area contributed by atoms with E-state index < -0.39 is 12.6 Å². The molecule has 0 unspecified atom stereocenters. The predicted molar refractivity (Wildman–Crippen MR) is 61.9 cm³/mol. The van der Waals surface area contributed by atoms with Crippen molar-refractivity contribution in [2.75, 3.05) is 7.11 Å². The Kier molecular flexibility index (Phi) is 5.21. The largest absolute Gasteiger partial charge is 0.469 e. The second-order valence-corrected chi connectivity index (χ2v) is 4.08. The van der Waals surface area contributed by atoms with Gasteiger partial charge in [-0.15, -0.1) is 0 Å². The lowest BCUT2D eigenvalue weighted by Crippen LogP contribution is -2.09. The van der Waals surface area contributed by atoms with Gasteiger partial charge in [-0.2, -0.15) is 8.78 Å². The number of carbonyl (C=O) groups is 2. The highest BCUT2D eigenvalue weighted by Crippen LogP contribution is 2.27. The number of carbonyl (C=O) groups excluding carboxylic acids is 2. The summed E-state index contributed by atoms with van der Waals surface area (Å²) in [6.07, 6.45) is 0.318. The van der Waals surface area contributed by atoms with Gasteiger partial charge in [-0.05, 0) is 33.6 Å². The summed E-state index contributed by atoms with van der Waals surface area (Å²) in [6.45, 7) is -2.98. The number of benzene rings is 1. The Balaban J connectivity index is 3.14. The van der Waals surface area contributed by atoms with E-state index in [1.54, 1.807) is 0 Å². The van der Waals surface area contributed by atoms with Gasteiger partial charge in [0, 0.05) is 10.0 Å². The van der Waals surface area contributed by atoms with Crippen molar-refractivity contribution >= 4 is 28.2 Å². The maximum atomic E-state index is 12.1. The van der Waals surface area contributed by atoms with Crippen LogP contribution in [0.3, 0.4) is 0 Å². The van der Waals surface area contributed by atoms with Crippen molar-refractivity contribution in [1.82, 2.24) is 0 Å². The highest BCUT2D eigenvalue weighted by molar-refractivity contribution is 9.10. The molecule has 0 saturated carbocycles. The van der Waals surface area contributed by atoms with E-state index in [9.17, 15) is 18.4 Å². The first-order valence-electron chi connectivity index (χ1n) is 4.77. The van der Waals surface area contributed by atoms with Gasteiger partial charge in [0.05, 0.1) is 13.5 Å². The van der Waals surface area contributed by atoms with E-state index in [1.165, 1.54) is 19.2 Å². The molecule has 7 heteroatoms. The Labute approximate surface area is 110 Å². The monoisotopic (exact) mass is 322 g/mol. The summed E-state index contributed by atoms with van der Waals surface area (Å²) in [5.74, 6) is -0.722. The number of ether oxygens (including phenoxy) is 2. The Hall–Kier alpha value is -1.50. The van der Waals surface area contributed by atoms with Gasteiger partial charge in [-0.25, -0.2) is 0 Å². The van der Waals surface area contributed by atoms with Gasteiger partial charge < -0.3 is 9.47 Å². The van der Waals surface area contributed by atoms with Gasteiger partial charge in [0.2, 0.25) is 0 Å².